The molecule has 0 unspecified atom stereocenters. The molecule has 0 aliphatic carbocycles. The Morgan fingerprint density at radius 3 is 2.77 bits per heavy atom. The quantitative estimate of drug-likeness (QED) is 0.695. The second kappa shape index (κ2) is 4.47. The van der Waals surface area contributed by atoms with E-state index in [0.717, 1.165) is 5.69 Å². The summed E-state index contributed by atoms with van der Waals surface area (Å²) in [6.45, 7) is 4.31. The van der Waals surface area contributed by atoms with Gasteiger partial charge < -0.3 is 4.90 Å². The lowest BCUT2D eigenvalue weighted by Gasteiger charge is -2.23. The van der Waals surface area contributed by atoms with Crippen LogP contribution in [0.4, 0.5) is 5.69 Å². The van der Waals surface area contributed by atoms with E-state index < -0.39 is 0 Å². The molecule has 0 radical (unpaired) electrons. The van der Waals surface area contributed by atoms with Crippen molar-refractivity contribution in [1.82, 2.24) is 4.98 Å². The van der Waals surface area contributed by atoms with E-state index in [1.165, 1.54) is 5.69 Å². The highest BCUT2D eigenvalue weighted by Crippen LogP contribution is 2.15. The molecule has 1 aromatic rings. The van der Waals surface area contributed by atoms with E-state index in [2.05, 4.69) is 30.8 Å². The predicted molar refractivity (Wildman–Crippen MR) is 57.3 cm³/mol. The molecule has 0 aromatic carbocycles. The Hall–Kier alpha value is -0.760. The molecule has 0 amide bonds. The second-order valence-corrected chi connectivity index (χ2v) is 3.61. The number of pyridine rings is 1. The minimum absolute atomic E-state index is 0.472. The summed E-state index contributed by atoms with van der Waals surface area (Å²) in [5.74, 6) is 0.472. The first-order valence-electron chi connectivity index (χ1n) is 4.39. The van der Waals surface area contributed by atoms with Crippen LogP contribution in [0, 0.1) is 0 Å². The van der Waals surface area contributed by atoms with Gasteiger partial charge >= 0.3 is 0 Å². The van der Waals surface area contributed by atoms with Crippen LogP contribution < -0.4 is 4.90 Å². The molecule has 0 saturated heterocycles. The fourth-order valence-electron chi connectivity index (χ4n) is 1.06. The van der Waals surface area contributed by atoms with Gasteiger partial charge in [0.05, 0.1) is 11.6 Å². The summed E-state index contributed by atoms with van der Waals surface area (Å²) < 4.78 is 0. The fourth-order valence-corrected chi connectivity index (χ4v) is 1.20. The van der Waals surface area contributed by atoms with Crippen molar-refractivity contribution in [2.24, 2.45) is 0 Å². The van der Waals surface area contributed by atoms with Gasteiger partial charge in [-0.3, -0.25) is 4.98 Å². The minimum Gasteiger partial charge on any atom is -0.372 e. The van der Waals surface area contributed by atoms with Crippen LogP contribution in [0.15, 0.2) is 18.3 Å². The molecule has 0 bridgehead atoms. The number of aromatic nitrogens is 1. The summed E-state index contributed by atoms with van der Waals surface area (Å²) in [7, 11) is 2.07. The zero-order valence-electron chi connectivity index (χ0n) is 8.29. The molecule has 1 heterocycles. The van der Waals surface area contributed by atoms with Gasteiger partial charge in [-0.2, -0.15) is 0 Å². The number of hydrogen-bond acceptors (Lipinski definition) is 2. The first kappa shape index (κ1) is 10.3. The monoisotopic (exact) mass is 198 g/mol. The van der Waals surface area contributed by atoms with E-state index in [0.29, 0.717) is 11.9 Å². The molecule has 0 fully saturated rings. The molecule has 0 aliphatic rings. The molecule has 1 rings (SSSR count). The molecule has 0 saturated carbocycles. The average molecular weight is 199 g/mol. The number of anilines is 1. The van der Waals surface area contributed by atoms with Crippen molar-refractivity contribution in [1.29, 1.82) is 0 Å². The predicted octanol–water partition coefficient (Wildman–Crippen LogP) is 2.67. The molecule has 0 N–H and O–H groups in total. The lowest BCUT2D eigenvalue weighted by Crippen LogP contribution is -2.25. The third kappa shape index (κ3) is 2.59. The van der Waals surface area contributed by atoms with Crippen molar-refractivity contribution < 1.29 is 0 Å². The standard InChI is InChI=1S/C10H15ClN2/c1-8(2)13(3)10-4-5-12-9(6-10)7-11/h4-6,8H,7H2,1-3H3. The highest BCUT2D eigenvalue weighted by molar-refractivity contribution is 6.16. The van der Waals surface area contributed by atoms with E-state index in [1.54, 1.807) is 6.20 Å². The van der Waals surface area contributed by atoms with Crippen LogP contribution in [0.25, 0.3) is 0 Å². The largest absolute Gasteiger partial charge is 0.372 e. The second-order valence-electron chi connectivity index (χ2n) is 3.34. The molecule has 0 aliphatic heterocycles. The number of halogens is 1. The van der Waals surface area contributed by atoms with Crippen LogP contribution >= 0.6 is 11.6 Å². The highest BCUT2D eigenvalue weighted by Gasteiger charge is 2.04. The lowest BCUT2D eigenvalue weighted by atomic mass is 10.2. The van der Waals surface area contributed by atoms with Crippen LogP contribution in [-0.2, 0) is 5.88 Å². The number of alkyl halides is 1. The Morgan fingerprint density at radius 2 is 2.23 bits per heavy atom. The molecule has 1 aromatic heterocycles. The minimum atomic E-state index is 0.472. The van der Waals surface area contributed by atoms with Gasteiger partial charge in [0.15, 0.2) is 0 Å². The van der Waals surface area contributed by atoms with E-state index >= 15 is 0 Å². The van der Waals surface area contributed by atoms with Gasteiger partial charge in [-0.1, -0.05) is 0 Å². The van der Waals surface area contributed by atoms with Crippen LogP contribution in [0.1, 0.15) is 19.5 Å². The Bertz CT molecular complexity index is 273. The van der Waals surface area contributed by atoms with Gasteiger partial charge in [0.25, 0.3) is 0 Å². The molecule has 72 valence electrons. The van der Waals surface area contributed by atoms with Crippen LogP contribution in [0.2, 0.25) is 0 Å². The number of nitrogens with zero attached hydrogens (tertiary/aromatic N) is 2. The Morgan fingerprint density at radius 1 is 1.54 bits per heavy atom. The van der Waals surface area contributed by atoms with Crippen molar-refractivity contribution >= 4 is 17.3 Å². The number of rotatable bonds is 3. The normalized spacial score (nSPS) is 10.5. The average Bonchev–Trinajstić information content (AvgIpc) is 2.16. The van der Waals surface area contributed by atoms with Crippen LogP contribution in [0.3, 0.4) is 0 Å². The summed E-state index contributed by atoms with van der Waals surface area (Å²) >= 11 is 5.70. The Balaban J connectivity index is 2.88. The van der Waals surface area contributed by atoms with Crippen molar-refractivity contribution in [3.63, 3.8) is 0 Å². The van der Waals surface area contributed by atoms with Gasteiger partial charge in [-0.05, 0) is 26.0 Å². The molecule has 0 atom stereocenters. The van der Waals surface area contributed by atoms with E-state index in [9.17, 15) is 0 Å². The topological polar surface area (TPSA) is 16.1 Å². The smallest absolute Gasteiger partial charge is 0.0648 e. The Kier molecular flexibility index (Phi) is 3.55. The van der Waals surface area contributed by atoms with Gasteiger partial charge in [-0.15, -0.1) is 11.6 Å². The van der Waals surface area contributed by atoms with Crippen molar-refractivity contribution in [3.8, 4) is 0 Å². The van der Waals surface area contributed by atoms with Crippen molar-refractivity contribution in [2.75, 3.05) is 11.9 Å². The van der Waals surface area contributed by atoms with Crippen LogP contribution in [-0.4, -0.2) is 18.1 Å². The molecule has 0 spiro atoms. The maximum absolute atomic E-state index is 5.70. The van der Waals surface area contributed by atoms with E-state index in [4.69, 9.17) is 11.6 Å². The highest BCUT2D eigenvalue weighted by atomic mass is 35.5. The summed E-state index contributed by atoms with van der Waals surface area (Å²) in [5, 5.41) is 0. The third-order valence-corrected chi connectivity index (χ3v) is 2.39. The molecule has 3 heteroatoms. The van der Waals surface area contributed by atoms with Crippen LogP contribution in [0.5, 0.6) is 0 Å². The molecule has 13 heavy (non-hydrogen) atoms. The van der Waals surface area contributed by atoms with Crippen molar-refractivity contribution in [2.45, 2.75) is 25.8 Å². The van der Waals surface area contributed by atoms with E-state index in [-0.39, 0.29) is 0 Å². The summed E-state index contributed by atoms with van der Waals surface area (Å²) in [6, 6.07) is 4.51. The molecular formula is C10H15ClN2. The molecule has 2 nitrogen and oxygen atoms in total. The van der Waals surface area contributed by atoms with Gasteiger partial charge in [0.2, 0.25) is 0 Å². The van der Waals surface area contributed by atoms with Gasteiger partial charge in [0.1, 0.15) is 0 Å². The zero-order valence-corrected chi connectivity index (χ0v) is 9.04. The van der Waals surface area contributed by atoms with Gasteiger partial charge in [0, 0.05) is 25.0 Å². The van der Waals surface area contributed by atoms with Crippen molar-refractivity contribution in [3.05, 3.63) is 24.0 Å². The fraction of sp³-hybridized carbons (Fsp3) is 0.500. The van der Waals surface area contributed by atoms with Gasteiger partial charge in [-0.25, -0.2) is 0 Å². The summed E-state index contributed by atoms with van der Waals surface area (Å²) in [5.41, 5.74) is 2.09. The number of hydrogen-bond donors (Lipinski definition) is 0. The van der Waals surface area contributed by atoms with E-state index in [1.807, 2.05) is 12.1 Å². The first-order chi connectivity index (χ1) is 6.15. The lowest BCUT2D eigenvalue weighted by molar-refractivity contribution is 0.753. The third-order valence-electron chi connectivity index (χ3n) is 2.12. The summed E-state index contributed by atoms with van der Waals surface area (Å²) in [4.78, 5) is 6.33. The molecular weight excluding hydrogens is 184 g/mol. The SMILES string of the molecule is CC(C)N(C)c1ccnc(CCl)c1. The Labute approximate surface area is 84.5 Å². The first-order valence-corrected chi connectivity index (χ1v) is 4.92. The maximum atomic E-state index is 5.70. The zero-order chi connectivity index (χ0) is 9.84. The maximum Gasteiger partial charge on any atom is 0.0648 e. The summed E-state index contributed by atoms with van der Waals surface area (Å²) in [6.07, 6.45) is 1.80.